The number of likely N-dealkylation sites (N-methyl/N-ethyl adjacent to an activating group) is 1. The third-order valence-electron chi connectivity index (χ3n) is 3.09. The van der Waals surface area contributed by atoms with Crippen LogP contribution in [0.2, 0.25) is 0 Å². The molecule has 1 fully saturated rings. The average Bonchev–Trinajstić information content (AvgIpc) is 2.23. The molecule has 1 N–H and O–H groups in total. The number of carboxylic acids is 1. The van der Waals surface area contributed by atoms with Gasteiger partial charge in [0.1, 0.15) is 0 Å². The highest BCUT2D eigenvalue weighted by Crippen LogP contribution is 2.17. The number of ether oxygens (including phenoxy) is 1. The van der Waals surface area contributed by atoms with Gasteiger partial charge in [-0.05, 0) is 14.0 Å². The molecule has 0 aromatic carbocycles. The second kappa shape index (κ2) is 5.97. The lowest BCUT2D eigenvalue weighted by Crippen LogP contribution is -2.60. The van der Waals surface area contributed by atoms with Gasteiger partial charge in [-0.25, -0.2) is 0 Å². The molecule has 2 unspecified atom stereocenters. The van der Waals surface area contributed by atoms with Gasteiger partial charge in [-0.15, -0.1) is 0 Å². The van der Waals surface area contributed by atoms with Crippen molar-refractivity contribution < 1.29 is 19.4 Å². The number of hydrogen-bond donors (Lipinski definition) is 1. The minimum absolute atomic E-state index is 0.0905. The molecular weight excluding hydrogens is 224 g/mol. The highest BCUT2D eigenvalue weighted by Gasteiger charge is 2.37. The maximum absolute atomic E-state index is 12.2. The van der Waals surface area contributed by atoms with Gasteiger partial charge in [-0.3, -0.25) is 14.5 Å². The smallest absolute Gasteiger partial charge is 0.305 e. The van der Waals surface area contributed by atoms with Gasteiger partial charge >= 0.3 is 5.97 Å². The summed E-state index contributed by atoms with van der Waals surface area (Å²) in [6.07, 6.45) is -0.147. The molecule has 0 saturated carbocycles. The molecule has 17 heavy (non-hydrogen) atoms. The zero-order valence-electron chi connectivity index (χ0n) is 10.5. The van der Waals surface area contributed by atoms with Crippen LogP contribution in [0.3, 0.4) is 0 Å². The van der Waals surface area contributed by atoms with Crippen LogP contribution in [-0.2, 0) is 14.3 Å². The molecule has 0 radical (unpaired) electrons. The minimum atomic E-state index is -0.948. The van der Waals surface area contributed by atoms with Crippen molar-refractivity contribution >= 4 is 11.9 Å². The molecule has 2 atom stereocenters. The fourth-order valence-electron chi connectivity index (χ4n) is 2.17. The predicted molar refractivity (Wildman–Crippen MR) is 61.7 cm³/mol. The van der Waals surface area contributed by atoms with Gasteiger partial charge in [0.25, 0.3) is 0 Å². The fraction of sp³-hybridized carbons (Fsp3) is 0.818. The summed E-state index contributed by atoms with van der Waals surface area (Å²) in [4.78, 5) is 26.4. The van der Waals surface area contributed by atoms with Crippen LogP contribution in [0, 0.1) is 0 Å². The van der Waals surface area contributed by atoms with Crippen molar-refractivity contribution in [1.29, 1.82) is 0 Å². The summed E-state index contributed by atoms with van der Waals surface area (Å²) in [7, 11) is 3.37. The number of carbonyl (C=O) groups excluding carboxylic acids is 1. The summed E-state index contributed by atoms with van der Waals surface area (Å²) >= 11 is 0. The topological polar surface area (TPSA) is 70.1 Å². The van der Waals surface area contributed by atoms with E-state index in [0.717, 1.165) is 0 Å². The Balaban J connectivity index is 2.72. The Kier molecular flexibility index (Phi) is 4.89. The van der Waals surface area contributed by atoms with Crippen LogP contribution >= 0.6 is 0 Å². The largest absolute Gasteiger partial charge is 0.481 e. The third kappa shape index (κ3) is 3.41. The van der Waals surface area contributed by atoms with Gasteiger partial charge in [0.15, 0.2) is 0 Å². The van der Waals surface area contributed by atoms with Crippen LogP contribution in [-0.4, -0.2) is 72.7 Å². The number of carboxylic acid groups (broad SMARTS) is 1. The number of rotatable bonds is 5. The van der Waals surface area contributed by atoms with E-state index in [0.29, 0.717) is 19.7 Å². The third-order valence-corrected chi connectivity index (χ3v) is 3.09. The lowest BCUT2D eigenvalue weighted by atomic mass is 10.0. The Morgan fingerprint density at radius 3 is 2.76 bits per heavy atom. The lowest BCUT2D eigenvalue weighted by molar-refractivity contribution is -0.151. The van der Waals surface area contributed by atoms with E-state index in [-0.39, 0.29) is 18.4 Å². The number of methoxy groups -OCH3 is 1. The first-order chi connectivity index (χ1) is 7.97. The van der Waals surface area contributed by atoms with Gasteiger partial charge < -0.3 is 14.7 Å². The molecule has 6 nitrogen and oxygen atoms in total. The van der Waals surface area contributed by atoms with Crippen molar-refractivity contribution in [2.75, 3.05) is 33.9 Å². The molecule has 1 aliphatic rings. The molecule has 98 valence electrons. The van der Waals surface area contributed by atoms with Crippen molar-refractivity contribution in [1.82, 2.24) is 9.80 Å². The number of piperazine rings is 1. The number of aliphatic carboxylic acids is 1. The maximum Gasteiger partial charge on any atom is 0.305 e. The lowest BCUT2D eigenvalue weighted by Gasteiger charge is -2.42. The van der Waals surface area contributed by atoms with Crippen LogP contribution in [0.5, 0.6) is 0 Å². The van der Waals surface area contributed by atoms with E-state index in [2.05, 4.69) is 0 Å². The molecule has 1 amide bonds. The first-order valence-corrected chi connectivity index (χ1v) is 5.68. The van der Waals surface area contributed by atoms with Crippen molar-refractivity contribution in [3.63, 3.8) is 0 Å². The molecular formula is C11H20N2O4. The van der Waals surface area contributed by atoms with Crippen molar-refractivity contribution in [2.45, 2.75) is 25.4 Å². The summed E-state index contributed by atoms with van der Waals surface area (Å²) in [6, 6.07) is -0.465. The Morgan fingerprint density at radius 1 is 1.59 bits per heavy atom. The van der Waals surface area contributed by atoms with Gasteiger partial charge in [0.2, 0.25) is 5.91 Å². The first kappa shape index (κ1) is 13.9. The predicted octanol–water partition coefficient (Wildman–Crippen LogP) is -0.361. The second-order valence-electron chi connectivity index (χ2n) is 4.43. The van der Waals surface area contributed by atoms with E-state index >= 15 is 0 Å². The molecule has 1 rings (SSSR count). The van der Waals surface area contributed by atoms with Crippen LogP contribution < -0.4 is 0 Å². The molecule has 0 aromatic rings. The van der Waals surface area contributed by atoms with Crippen LogP contribution in [0.25, 0.3) is 0 Å². The Morgan fingerprint density at radius 2 is 2.24 bits per heavy atom. The molecule has 0 aliphatic carbocycles. The van der Waals surface area contributed by atoms with Gasteiger partial charge in [0.05, 0.1) is 19.1 Å². The summed E-state index contributed by atoms with van der Waals surface area (Å²) in [6.45, 7) is 3.63. The Labute approximate surface area is 101 Å². The molecule has 0 spiro atoms. The van der Waals surface area contributed by atoms with E-state index in [9.17, 15) is 9.59 Å². The van der Waals surface area contributed by atoms with E-state index < -0.39 is 12.0 Å². The SMILES string of the molecule is COCCN1C(=O)C(CC(=O)O)N(C)CC1C. The van der Waals surface area contributed by atoms with Crippen LogP contribution in [0.1, 0.15) is 13.3 Å². The van der Waals surface area contributed by atoms with Gasteiger partial charge in [0, 0.05) is 26.2 Å². The van der Waals surface area contributed by atoms with E-state index in [4.69, 9.17) is 9.84 Å². The van der Waals surface area contributed by atoms with Crippen molar-refractivity contribution in [3.05, 3.63) is 0 Å². The number of nitrogens with zero attached hydrogens (tertiary/aromatic N) is 2. The zero-order chi connectivity index (χ0) is 13.0. The molecule has 1 aliphatic heterocycles. The fourth-order valence-corrected chi connectivity index (χ4v) is 2.17. The molecule has 0 aromatic heterocycles. The normalized spacial score (nSPS) is 26.3. The second-order valence-corrected chi connectivity index (χ2v) is 4.43. The molecule has 1 heterocycles. The average molecular weight is 244 g/mol. The van der Waals surface area contributed by atoms with E-state index in [1.807, 2.05) is 11.8 Å². The highest BCUT2D eigenvalue weighted by molar-refractivity contribution is 5.87. The Hall–Kier alpha value is -1.14. The maximum atomic E-state index is 12.2. The summed E-state index contributed by atoms with van der Waals surface area (Å²) in [5.41, 5.74) is 0. The number of hydrogen-bond acceptors (Lipinski definition) is 4. The van der Waals surface area contributed by atoms with E-state index in [1.54, 1.807) is 19.1 Å². The monoisotopic (exact) mass is 244 g/mol. The zero-order valence-corrected chi connectivity index (χ0v) is 10.5. The van der Waals surface area contributed by atoms with Gasteiger partial charge in [-0.2, -0.15) is 0 Å². The Bertz CT molecular complexity index is 295. The standard InChI is InChI=1S/C11H20N2O4/c1-8-7-12(2)9(6-10(14)15)11(16)13(8)4-5-17-3/h8-9H,4-7H2,1-3H3,(H,14,15). The summed E-state index contributed by atoms with van der Waals surface area (Å²) in [5, 5.41) is 8.81. The van der Waals surface area contributed by atoms with Crippen molar-refractivity contribution in [2.24, 2.45) is 0 Å². The number of carbonyl (C=O) groups is 2. The summed E-state index contributed by atoms with van der Waals surface area (Å²) < 4.78 is 4.96. The first-order valence-electron chi connectivity index (χ1n) is 5.68. The highest BCUT2D eigenvalue weighted by atomic mass is 16.5. The van der Waals surface area contributed by atoms with Crippen LogP contribution in [0.4, 0.5) is 0 Å². The van der Waals surface area contributed by atoms with Gasteiger partial charge in [-0.1, -0.05) is 0 Å². The molecule has 6 heteroatoms. The minimum Gasteiger partial charge on any atom is -0.481 e. The number of amides is 1. The molecule has 0 bridgehead atoms. The van der Waals surface area contributed by atoms with Crippen LogP contribution in [0.15, 0.2) is 0 Å². The molecule has 1 saturated heterocycles. The quantitative estimate of drug-likeness (QED) is 0.715. The van der Waals surface area contributed by atoms with Crippen molar-refractivity contribution in [3.8, 4) is 0 Å². The van der Waals surface area contributed by atoms with E-state index in [1.165, 1.54) is 0 Å². The summed E-state index contributed by atoms with van der Waals surface area (Å²) in [5.74, 6) is -1.07.